The molecule has 0 fully saturated rings. The summed E-state index contributed by atoms with van der Waals surface area (Å²) in [7, 11) is 0. The van der Waals surface area contributed by atoms with Gasteiger partial charge in [0.15, 0.2) is 0 Å². The van der Waals surface area contributed by atoms with Crippen molar-refractivity contribution < 1.29 is 9.90 Å². The summed E-state index contributed by atoms with van der Waals surface area (Å²) in [5.41, 5.74) is 2.86. The summed E-state index contributed by atoms with van der Waals surface area (Å²) in [6.07, 6.45) is -0.699. The zero-order valence-corrected chi connectivity index (χ0v) is 11.2. The van der Waals surface area contributed by atoms with Crippen LogP contribution in [0.1, 0.15) is 18.6 Å². The zero-order valence-electron chi connectivity index (χ0n) is 11.2. The quantitative estimate of drug-likeness (QED) is 0.683. The molecule has 3 N–H and O–H groups in total. The van der Waals surface area contributed by atoms with Crippen molar-refractivity contribution in [2.45, 2.75) is 13.0 Å². The van der Waals surface area contributed by atoms with E-state index in [1.54, 1.807) is 0 Å². The average Bonchev–Trinajstić information content (AvgIpc) is 2.82. The predicted molar refractivity (Wildman–Crippen MR) is 79.4 cm³/mol. The summed E-state index contributed by atoms with van der Waals surface area (Å²) in [5, 5.41) is 15.0. The van der Waals surface area contributed by atoms with Crippen molar-refractivity contribution >= 4 is 27.7 Å². The molecule has 1 atom stereocenters. The van der Waals surface area contributed by atoms with Crippen LogP contribution in [0.15, 0.2) is 42.5 Å². The van der Waals surface area contributed by atoms with Gasteiger partial charge in [-0.3, -0.25) is 4.79 Å². The van der Waals surface area contributed by atoms with Gasteiger partial charge in [0.05, 0.1) is 6.10 Å². The fourth-order valence-corrected chi connectivity index (χ4v) is 2.44. The van der Waals surface area contributed by atoms with E-state index < -0.39 is 6.10 Å². The van der Waals surface area contributed by atoms with Crippen LogP contribution in [0.3, 0.4) is 0 Å². The van der Waals surface area contributed by atoms with Crippen LogP contribution >= 0.6 is 0 Å². The summed E-state index contributed by atoms with van der Waals surface area (Å²) >= 11 is 0. The number of benzene rings is 2. The van der Waals surface area contributed by atoms with Crippen molar-refractivity contribution in [2.24, 2.45) is 0 Å². The maximum absolute atomic E-state index is 10.9. The number of rotatable bonds is 3. The molecule has 1 amide bonds. The van der Waals surface area contributed by atoms with Gasteiger partial charge in [-0.05, 0) is 17.7 Å². The number of aromatic nitrogens is 1. The summed E-state index contributed by atoms with van der Waals surface area (Å²) in [6.45, 7) is 1.66. The predicted octanol–water partition coefficient (Wildman–Crippen LogP) is 2.49. The number of H-pyrrole nitrogens is 1. The smallest absolute Gasteiger partial charge is 0.216 e. The molecular weight excluding hydrogens is 252 g/mol. The first kappa shape index (κ1) is 12.7. The molecular formula is C16H16N2O2. The standard InChI is InChI=1S/C16H16N2O2/c1-10(19)17-9-16(20)11-6-7-13-12-4-2-3-5-14(12)18-15(13)8-11/h2-8,16,18,20H,9H2,1H3,(H,17,19). The molecule has 1 heterocycles. The highest BCUT2D eigenvalue weighted by Gasteiger charge is 2.10. The lowest BCUT2D eigenvalue weighted by atomic mass is 10.1. The molecule has 0 aliphatic heterocycles. The van der Waals surface area contributed by atoms with E-state index in [0.29, 0.717) is 0 Å². The molecule has 0 saturated carbocycles. The molecule has 1 aromatic heterocycles. The number of amides is 1. The van der Waals surface area contributed by atoms with Crippen molar-refractivity contribution in [3.05, 3.63) is 48.0 Å². The van der Waals surface area contributed by atoms with E-state index in [2.05, 4.69) is 16.4 Å². The summed E-state index contributed by atoms with van der Waals surface area (Å²) in [5.74, 6) is -0.143. The largest absolute Gasteiger partial charge is 0.387 e. The second-order valence-electron chi connectivity index (χ2n) is 4.93. The van der Waals surface area contributed by atoms with Gasteiger partial charge in [0.2, 0.25) is 5.91 Å². The van der Waals surface area contributed by atoms with Crippen LogP contribution in [-0.4, -0.2) is 22.5 Å². The molecule has 0 saturated heterocycles. The van der Waals surface area contributed by atoms with Crippen LogP contribution < -0.4 is 5.32 Å². The van der Waals surface area contributed by atoms with Crippen molar-refractivity contribution in [3.63, 3.8) is 0 Å². The highest BCUT2D eigenvalue weighted by Crippen LogP contribution is 2.27. The number of fused-ring (bicyclic) bond motifs is 3. The Kier molecular flexibility index (Phi) is 3.16. The second kappa shape index (κ2) is 4.98. The maximum atomic E-state index is 10.9. The van der Waals surface area contributed by atoms with E-state index in [-0.39, 0.29) is 12.5 Å². The molecule has 4 heteroatoms. The topological polar surface area (TPSA) is 65.1 Å². The molecule has 3 aromatic rings. The lowest BCUT2D eigenvalue weighted by Gasteiger charge is -2.11. The Bertz CT molecular complexity index is 776. The van der Waals surface area contributed by atoms with Gasteiger partial charge in [0, 0.05) is 35.3 Å². The first-order valence-corrected chi connectivity index (χ1v) is 6.58. The number of para-hydroxylation sites is 1. The number of nitrogens with one attached hydrogen (secondary N) is 2. The summed E-state index contributed by atoms with van der Waals surface area (Å²) < 4.78 is 0. The number of aliphatic hydroxyl groups is 1. The van der Waals surface area contributed by atoms with Crippen LogP contribution in [0.2, 0.25) is 0 Å². The van der Waals surface area contributed by atoms with Crippen molar-refractivity contribution in [3.8, 4) is 0 Å². The minimum Gasteiger partial charge on any atom is -0.387 e. The number of hydrogen-bond acceptors (Lipinski definition) is 2. The Hall–Kier alpha value is -2.33. The van der Waals surface area contributed by atoms with E-state index in [9.17, 15) is 9.90 Å². The molecule has 1 unspecified atom stereocenters. The Morgan fingerprint density at radius 2 is 1.95 bits per heavy atom. The Labute approximate surface area is 116 Å². The van der Waals surface area contributed by atoms with Crippen molar-refractivity contribution in [1.82, 2.24) is 10.3 Å². The van der Waals surface area contributed by atoms with Gasteiger partial charge < -0.3 is 15.4 Å². The van der Waals surface area contributed by atoms with E-state index in [0.717, 1.165) is 22.0 Å². The van der Waals surface area contributed by atoms with Crippen LogP contribution in [0.4, 0.5) is 0 Å². The first-order valence-electron chi connectivity index (χ1n) is 6.58. The molecule has 0 radical (unpaired) electrons. The highest BCUT2D eigenvalue weighted by molar-refractivity contribution is 6.07. The van der Waals surface area contributed by atoms with E-state index in [4.69, 9.17) is 0 Å². The fourth-order valence-electron chi connectivity index (χ4n) is 2.44. The Morgan fingerprint density at radius 3 is 2.75 bits per heavy atom. The van der Waals surface area contributed by atoms with Crippen molar-refractivity contribution in [2.75, 3.05) is 6.54 Å². The molecule has 2 aromatic carbocycles. The Morgan fingerprint density at radius 1 is 1.20 bits per heavy atom. The van der Waals surface area contributed by atoms with Crippen molar-refractivity contribution in [1.29, 1.82) is 0 Å². The van der Waals surface area contributed by atoms with Gasteiger partial charge in [-0.15, -0.1) is 0 Å². The molecule has 0 aliphatic carbocycles. The molecule has 20 heavy (non-hydrogen) atoms. The van der Waals surface area contributed by atoms with Gasteiger partial charge in [-0.25, -0.2) is 0 Å². The second-order valence-corrected chi connectivity index (χ2v) is 4.93. The van der Waals surface area contributed by atoms with Gasteiger partial charge in [-0.2, -0.15) is 0 Å². The SMILES string of the molecule is CC(=O)NCC(O)c1ccc2c(c1)[nH]c1ccccc12. The maximum Gasteiger partial charge on any atom is 0.216 e. The van der Waals surface area contributed by atoms with Gasteiger partial charge in [-0.1, -0.05) is 30.3 Å². The van der Waals surface area contributed by atoms with E-state index in [1.165, 1.54) is 12.3 Å². The molecule has 3 rings (SSSR count). The van der Waals surface area contributed by atoms with Gasteiger partial charge in [0.1, 0.15) is 0 Å². The molecule has 0 aliphatic rings. The molecule has 0 bridgehead atoms. The monoisotopic (exact) mass is 268 g/mol. The van der Waals surface area contributed by atoms with Gasteiger partial charge >= 0.3 is 0 Å². The van der Waals surface area contributed by atoms with E-state index in [1.807, 2.05) is 36.4 Å². The van der Waals surface area contributed by atoms with Crippen LogP contribution in [0.25, 0.3) is 21.8 Å². The molecule has 4 nitrogen and oxygen atoms in total. The number of hydrogen-bond donors (Lipinski definition) is 3. The third-order valence-corrected chi connectivity index (χ3v) is 3.46. The average molecular weight is 268 g/mol. The van der Waals surface area contributed by atoms with Crippen LogP contribution in [-0.2, 0) is 4.79 Å². The minimum absolute atomic E-state index is 0.143. The lowest BCUT2D eigenvalue weighted by Crippen LogP contribution is -2.25. The first-order chi connectivity index (χ1) is 9.65. The molecule has 0 spiro atoms. The number of carbonyl (C=O) groups excluding carboxylic acids is 1. The number of carbonyl (C=O) groups is 1. The summed E-state index contributed by atoms with van der Waals surface area (Å²) in [4.78, 5) is 14.2. The lowest BCUT2D eigenvalue weighted by molar-refractivity contribution is -0.119. The number of aromatic amines is 1. The van der Waals surface area contributed by atoms with Crippen LogP contribution in [0, 0.1) is 0 Å². The van der Waals surface area contributed by atoms with E-state index >= 15 is 0 Å². The highest BCUT2D eigenvalue weighted by atomic mass is 16.3. The Balaban J connectivity index is 1.98. The minimum atomic E-state index is -0.699. The fraction of sp³-hybridized carbons (Fsp3) is 0.188. The molecule has 102 valence electrons. The third kappa shape index (κ3) is 2.26. The van der Waals surface area contributed by atoms with Crippen LogP contribution in [0.5, 0.6) is 0 Å². The normalized spacial score (nSPS) is 12.7. The third-order valence-electron chi connectivity index (χ3n) is 3.46. The zero-order chi connectivity index (χ0) is 14.1. The van der Waals surface area contributed by atoms with Gasteiger partial charge in [0.25, 0.3) is 0 Å². The summed E-state index contributed by atoms with van der Waals surface area (Å²) in [6, 6.07) is 13.9. The number of aliphatic hydroxyl groups excluding tert-OH is 1.